The van der Waals surface area contributed by atoms with Gasteiger partial charge in [-0.3, -0.25) is 0 Å². The molecule has 2 aliphatic carbocycles. The normalized spacial score (nSPS) is 29.4. The Balaban J connectivity index is 1.41. The lowest BCUT2D eigenvalue weighted by Gasteiger charge is -2.46. The van der Waals surface area contributed by atoms with E-state index in [9.17, 15) is 9.90 Å². The molecule has 6 rings (SSSR count). The standard InChI is InChI=1S/C40H57NO3/c1-3-30-21-20-29(2)35-28-40(44-37(30)35,34-18-14-8-5-4-6-9-15-19-34)36-26-27-39(41-36,32-16-12-10-7-11-13-17-32)33-24-22-31(23-25-33)38(42)43/h20-25,32,34,36,41H,3-19,26-28H2,1-2H3,(H,42,43). The molecule has 2 aromatic carbocycles. The van der Waals surface area contributed by atoms with Gasteiger partial charge < -0.3 is 15.2 Å². The zero-order valence-corrected chi connectivity index (χ0v) is 27.6. The number of carboxylic acid groups (broad SMARTS) is 1. The van der Waals surface area contributed by atoms with Crippen LogP contribution in [0.25, 0.3) is 0 Å². The maximum absolute atomic E-state index is 11.8. The van der Waals surface area contributed by atoms with E-state index in [1.807, 2.05) is 12.1 Å². The predicted molar refractivity (Wildman–Crippen MR) is 180 cm³/mol. The third-order valence-corrected chi connectivity index (χ3v) is 12.3. The Morgan fingerprint density at radius 3 is 1.93 bits per heavy atom. The first-order valence-corrected chi connectivity index (χ1v) is 18.4. The van der Waals surface area contributed by atoms with E-state index in [0.717, 1.165) is 25.7 Å². The number of aromatic carboxylic acids is 1. The average molecular weight is 600 g/mol. The second-order valence-corrected chi connectivity index (χ2v) is 14.8. The van der Waals surface area contributed by atoms with Crippen molar-refractivity contribution in [2.75, 3.05) is 0 Å². The largest absolute Gasteiger partial charge is 0.484 e. The molecule has 3 unspecified atom stereocenters. The van der Waals surface area contributed by atoms with Gasteiger partial charge in [0.05, 0.1) is 5.56 Å². The van der Waals surface area contributed by atoms with Gasteiger partial charge >= 0.3 is 5.97 Å². The van der Waals surface area contributed by atoms with Crippen LogP contribution in [0.1, 0.15) is 155 Å². The van der Waals surface area contributed by atoms with Gasteiger partial charge in [-0.05, 0) is 86.6 Å². The quantitative estimate of drug-likeness (QED) is 0.347. The molecule has 2 aromatic rings. The highest BCUT2D eigenvalue weighted by atomic mass is 16.5. The molecule has 1 saturated heterocycles. The van der Waals surface area contributed by atoms with E-state index < -0.39 is 5.97 Å². The van der Waals surface area contributed by atoms with E-state index >= 15 is 0 Å². The molecule has 4 heteroatoms. The van der Waals surface area contributed by atoms with Crippen LogP contribution in [0, 0.1) is 18.8 Å². The highest BCUT2D eigenvalue weighted by Gasteiger charge is 2.58. The minimum atomic E-state index is -0.844. The number of rotatable bonds is 6. The molecule has 2 N–H and O–H groups in total. The number of aryl methyl sites for hydroxylation is 2. The molecule has 0 aromatic heterocycles. The summed E-state index contributed by atoms with van der Waals surface area (Å²) in [6.45, 7) is 4.56. The van der Waals surface area contributed by atoms with E-state index in [4.69, 9.17) is 4.74 Å². The van der Waals surface area contributed by atoms with Crippen molar-refractivity contribution in [3.63, 3.8) is 0 Å². The summed E-state index contributed by atoms with van der Waals surface area (Å²) >= 11 is 0. The fraction of sp³-hybridized carbons (Fsp3) is 0.675. The smallest absolute Gasteiger partial charge is 0.335 e. The first-order chi connectivity index (χ1) is 21.5. The van der Waals surface area contributed by atoms with E-state index in [1.165, 1.54) is 131 Å². The number of hydrogen-bond acceptors (Lipinski definition) is 3. The maximum Gasteiger partial charge on any atom is 0.335 e. The SMILES string of the molecule is CCc1ccc(C)c2c1OC(C1CCCCCCCCC1)(C1CCC(c3ccc(C(=O)O)cc3)(C3CCCCCCC3)N1)C2. The molecule has 3 atom stereocenters. The summed E-state index contributed by atoms with van der Waals surface area (Å²) in [5.74, 6) is 1.45. The lowest BCUT2D eigenvalue weighted by Crippen LogP contribution is -2.60. The zero-order chi connectivity index (χ0) is 30.6. The van der Waals surface area contributed by atoms with Crippen LogP contribution in [0.2, 0.25) is 0 Å². The number of carboxylic acids is 1. The van der Waals surface area contributed by atoms with Crippen LogP contribution in [0.5, 0.6) is 5.75 Å². The number of ether oxygens (including phenoxy) is 1. The van der Waals surface area contributed by atoms with Crippen LogP contribution >= 0.6 is 0 Å². The van der Waals surface area contributed by atoms with Crippen molar-refractivity contribution in [2.24, 2.45) is 11.8 Å². The van der Waals surface area contributed by atoms with Gasteiger partial charge in [-0.15, -0.1) is 0 Å². The fourth-order valence-corrected chi connectivity index (χ4v) is 9.75. The third-order valence-electron chi connectivity index (χ3n) is 12.3. The van der Waals surface area contributed by atoms with Crippen LogP contribution < -0.4 is 10.1 Å². The molecule has 4 aliphatic rings. The summed E-state index contributed by atoms with van der Waals surface area (Å²) in [7, 11) is 0. The summed E-state index contributed by atoms with van der Waals surface area (Å²) in [5, 5.41) is 14.1. The number of nitrogens with one attached hydrogen (secondary N) is 1. The molecule has 0 bridgehead atoms. The third kappa shape index (κ3) is 6.22. The van der Waals surface area contributed by atoms with Crippen molar-refractivity contribution in [1.82, 2.24) is 5.32 Å². The summed E-state index contributed by atoms with van der Waals surface area (Å²) in [5.41, 5.74) is 5.50. The van der Waals surface area contributed by atoms with Crippen LogP contribution in [-0.4, -0.2) is 22.7 Å². The maximum atomic E-state index is 11.8. The van der Waals surface area contributed by atoms with Gasteiger partial charge in [-0.1, -0.05) is 108 Å². The molecule has 2 aliphatic heterocycles. The molecule has 2 saturated carbocycles. The molecule has 44 heavy (non-hydrogen) atoms. The summed E-state index contributed by atoms with van der Waals surface area (Å²) in [6.07, 6.45) is 25.3. The minimum Gasteiger partial charge on any atom is -0.484 e. The lowest BCUT2D eigenvalue weighted by atomic mass is 9.71. The van der Waals surface area contributed by atoms with Crippen molar-refractivity contribution < 1.29 is 14.6 Å². The van der Waals surface area contributed by atoms with Gasteiger partial charge in [0.25, 0.3) is 0 Å². The van der Waals surface area contributed by atoms with E-state index in [2.05, 4.69) is 43.4 Å². The molecular formula is C40H57NO3. The Hall–Kier alpha value is -2.33. The number of fused-ring (bicyclic) bond motifs is 1. The monoisotopic (exact) mass is 599 g/mol. The molecule has 240 valence electrons. The Kier molecular flexibility index (Phi) is 10.1. The molecule has 0 spiro atoms. The van der Waals surface area contributed by atoms with Crippen LogP contribution in [0.15, 0.2) is 36.4 Å². The first kappa shape index (κ1) is 31.6. The highest BCUT2D eigenvalue weighted by Crippen LogP contribution is 2.54. The second-order valence-electron chi connectivity index (χ2n) is 14.8. The van der Waals surface area contributed by atoms with Gasteiger partial charge in [-0.2, -0.15) is 0 Å². The van der Waals surface area contributed by atoms with Gasteiger partial charge in [0.15, 0.2) is 0 Å². The van der Waals surface area contributed by atoms with Crippen molar-refractivity contribution in [1.29, 1.82) is 0 Å². The van der Waals surface area contributed by atoms with Gasteiger partial charge in [-0.25, -0.2) is 4.79 Å². The van der Waals surface area contributed by atoms with Gasteiger partial charge in [0.2, 0.25) is 0 Å². The van der Waals surface area contributed by atoms with Crippen molar-refractivity contribution in [2.45, 2.75) is 159 Å². The topological polar surface area (TPSA) is 58.6 Å². The predicted octanol–water partition coefficient (Wildman–Crippen LogP) is 10.1. The van der Waals surface area contributed by atoms with Crippen LogP contribution in [-0.2, 0) is 18.4 Å². The number of carbonyl (C=O) groups is 1. The molecule has 3 fully saturated rings. The Bertz CT molecular complexity index is 1250. The second kappa shape index (κ2) is 14.0. The summed E-state index contributed by atoms with van der Waals surface area (Å²) in [6, 6.07) is 12.9. The highest BCUT2D eigenvalue weighted by molar-refractivity contribution is 5.87. The number of benzene rings is 2. The van der Waals surface area contributed by atoms with E-state index in [1.54, 1.807) is 0 Å². The Labute approximate surface area is 266 Å². The van der Waals surface area contributed by atoms with E-state index in [-0.39, 0.29) is 17.2 Å². The zero-order valence-electron chi connectivity index (χ0n) is 27.6. The molecule has 0 amide bonds. The molecular weight excluding hydrogens is 542 g/mol. The van der Waals surface area contributed by atoms with Gasteiger partial charge in [0, 0.05) is 29.5 Å². The Morgan fingerprint density at radius 1 is 0.795 bits per heavy atom. The van der Waals surface area contributed by atoms with Gasteiger partial charge in [0.1, 0.15) is 11.4 Å². The van der Waals surface area contributed by atoms with Crippen molar-refractivity contribution in [3.05, 3.63) is 64.2 Å². The average Bonchev–Trinajstić information content (AvgIpc) is 3.65. The summed E-state index contributed by atoms with van der Waals surface area (Å²) < 4.78 is 7.56. The fourth-order valence-electron chi connectivity index (χ4n) is 9.75. The van der Waals surface area contributed by atoms with Crippen molar-refractivity contribution in [3.8, 4) is 5.75 Å². The number of hydrogen-bond donors (Lipinski definition) is 2. The lowest BCUT2D eigenvalue weighted by molar-refractivity contribution is -0.0189. The van der Waals surface area contributed by atoms with E-state index in [0.29, 0.717) is 17.4 Å². The molecule has 4 nitrogen and oxygen atoms in total. The molecule has 0 radical (unpaired) electrons. The van der Waals surface area contributed by atoms with Crippen molar-refractivity contribution >= 4 is 5.97 Å². The van der Waals surface area contributed by atoms with Crippen LogP contribution in [0.3, 0.4) is 0 Å². The summed E-state index contributed by atoms with van der Waals surface area (Å²) in [4.78, 5) is 11.8. The molecule has 2 heterocycles. The first-order valence-electron chi connectivity index (χ1n) is 18.4. The van der Waals surface area contributed by atoms with Crippen LogP contribution in [0.4, 0.5) is 0 Å². The Morgan fingerprint density at radius 2 is 1.36 bits per heavy atom. The minimum absolute atomic E-state index is 0.136.